The molecule has 3 atom stereocenters. The zero-order chi connectivity index (χ0) is 34.2. The second-order valence-electron chi connectivity index (χ2n) is 14.1. The first-order chi connectivity index (χ1) is 23.7. The smallest absolute Gasteiger partial charge is 0.286 e. The molecule has 3 aromatic rings. The molecule has 7 rings (SSSR count). The molecule has 12 heteroatoms. The average Bonchev–Trinajstić information content (AvgIpc) is 3.42. The van der Waals surface area contributed by atoms with Gasteiger partial charge in [0.15, 0.2) is 0 Å². The Hall–Kier alpha value is -4.86. The first-order valence-corrected chi connectivity index (χ1v) is 17.2. The fourth-order valence-electron chi connectivity index (χ4n) is 8.07. The number of carbonyl (C=O) groups is 3. The van der Waals surface area contributed by atoms with E-state index in [9.17, 15) is 24.4 Å². The van der Waals surface area contributed by atoms with Gasteiger partial charge in [-0.15, -0.1) is 0 Å². The first-order valence-electron chi connectivity index (χ1n) is 17.2. The Morgan fingerprint density at radius 2 is 1.71 bits per heavy atom. The molecule has 5 heterocycles. The quantitative estimate of drug-likeness (QED) is 0.365. The van der Waals surface area contributed by atoms with Crippen molar-refractivity contribution in [3.05, 3.63) is 92.4 Å². The van der Waals surface area contributed by atoms with Crippen molar-refractivity contribution in [1.29, 1.82) is 5.26 Å². The highest BCUT2D eigenvalue weighted by atomic mass is 16.2. The maximum atomic E-state index is 13.1. The van der Waals surface area contributed by atoms with Crippen LogP contribution in [0, 0.1) is 11.3 Å². The molecule has 0 bridgehead atoms. The highest BCUT2D eigenvalue weighted by Gasteiger charge is 2.39. The number of nitriles is 1. The van der Waals surface area contributed by atoms with Crippen molar-refractivity contribution in [1.82, 2.24) is 29.8 Å². The van der Waals surface area contributed by atoms with E-state index in [4.69, 9.17) is 0 Å². The molecule has 1 unspecified atom stereocenters. The van der Waals surface area contributed by atoms with Crippen LogP contribution in [0.3, 0.4) is 0 Å². The number of fused-ring (bicyclic) bond motifs is 1. The lowest BCUT2D eigenvalue weighted by molar-refractivity contribution is -0.136. The van der Waals surface area contributed by atoms with Crippen molar-refractivity contribution in [2.45, 2.75) is 69.1 Å². The van der Waals surface area contributed by atoms with Gasteiger partial charge in [-0.2, -0.15) is 10.4 Å². The molecule has 1 aromatic heterocycles. The normalized spacial score (nSPS) is 23.7. The zero-order valence-corrected chi connectivity index (χ0v) is 28.0. The lowest BCUT2D eigenvalue weighted by atomic mass is 9.87. The standard InChI is InChI=1S/C37H42N8O4/c1-42-20-27(16-29(22-42)40-32-18-39-43(2)36(48)31(32)17-38)24-5-3-23(4-6-24)19-44-13-11-25(12-14-44)26-7-8-30-28(15-26)21-45(37(30)49)33-9-10-34(46)41-35(33)47/h3-8,15,18,25,27,29,33,40H,9-14,16,19-22H2,1-2H3,(H,41,46,47)/t27-,29+,33?/m0/s1. The van der Waals surface area contributed by atoms with Crippen LogP contribution >= 0.6 is 0 Å². The molecule has 49 heavy (non-hydrogen) atoms. The van der Waals surface area contributed by atoms with Gasteiger partial charge in [-0.1, -0.05) is 36.4 Å². The van der Waals surface area contributed by atoms with Crippen LogP contribution in [0.25, 0.3) is 0 Å². The van der Waals surface area contributed by atoms with Gasteiger partial charge in [0.2, 0.25) is 11.8 Å². The summed E-state index contributed by atoms with van der Waals surface area (Å²) in [5, 5.41) is 19.5. The number of imide groups is 1. The van der Waals surface area contributed by atoms with Gasteiger partial charge in [0.05, 0.1) is 11.9 Å². The highest BCUT2D eigenvalue weighted by molar-refractivity contribution is 6.05. The molecule has 0 radical (unpaired) electrons. The monoisotopic (exact) mass is 662 g/mol. The van der Waals surface area contributed by atoms with Crippen LogP contribution in [0.15, 0.2) is 53.5 Å². The number of hydrogen-bond acceptors (Lipinski definition) is 9. The third kappa shape index (κ3) is 6.73. The Kier molecular flexibility index (Phi) is 9.05. The van der Waals surface area contributed by atoms with E-state index in [1.807, 2.05) is 12.1 Å². The van der Waals surface area contributed by atoms with Crippen LogP contribution in [0.4, 0.5) is 5.69 Å². The number of benzene rings is 2. The molecular formula is C37H42N8O4. The SMILES string of the molecule is CN1C[C@H](Nc2cnn(C)c(=O)c2C#N)C[C@H](c2ccc(CN3CCC(c4ccc5c(c4)CN(C4CCC(=O)NC4=O)C5=O)CC3)cc2)C1. The minimum atomic E-state index is -0.592. The van der Waals surface area contributed by atoms with Crippen molar-refractivity contribution in [2.75, 3.05) is 38.5 Å². The van der Waals surface area contributed by atoms with Crippen molar-refractivity contribution >= 4 is 23.4 Å². The molecule has 0 aliphatic carbocycles. The van der Waals surface area contributed by atoms with E-state index in [1.165, 1.54) is 21.4 Å². The van der Waals surface area contributed by atoms with Gasteiger partial charge in [0, 0.05) is 51.3 Å². The summed E-state index contributed by atoms with van der Waals surface area (Å²) in [6, 6.07) is 16.6. The minimum absolute atomic E-state index is 0.0844. The van der Waals surface area contributed by atoms with Gasteiger partial charge in [0.1, 0.15) is 17.7 Å². The fourth-order valence-corrected chi connectivity index (χ4v) is 8.07. The van der Waals surface area contributed by atoms with E-state index in [1.54, 1.807) is 18.1 Å². The van der Waals surface area contributed by atoms with E-state index in [0.717, 1.165) is 57.5 Å². The molecule has 254 valence electrons. The summed E-state index contributed by atoms with van der Waals surface area (Å²) < 4.78 is 1.18. The van der Waals surface area contributed by atoms with Crippen molar-refractivity contribution in [3.8, 4) is 6.07 Å². The van der Waals surface area contributed by atoms with E-state index < -0.39 is 11.6 Å². The number of carbonyl (C=O) groups excluding carboxylic acids is 3. The number of likely N-dealkylation sites (tertiary alicyclic amines) is 2. The number of nitrogens with one attached hydrogen (secondary N) is 2. The Morgan fingerprint density at radius 1 is 0.959 bits per heavy atom. The third-order valence-corrected chi connectivity index (χ3v) is 10.7. The van der Waals surface area contributed by atoms with Gasteiger partial charge in [0.25, 0.3) is 11.5 Å². The number of aromatic nitrogens is 2. The summed E-state index contributed by atoms with van der Waals surface area (Å²) >= 11 is 0. The van der Waals surface area contributed by atoms with Crippen LogP contribution in [-0.2, 0) is 29.7 Å². The third-order valence-electron chi connectivity index (χ3n) is 10.7. The second-order valence-corrected chi connectivity index (χ2v) is 14.1. The maximum absolute atomic E-state index is 13.1. The number of amides is 3. The Balaban J connectivity index is 0.926. The van der Waals surface area contributed by atoms with Crippen LogP contribution in [0.5, 0.6) is 0 Å². The number of piperidine rings is 3. The van der Waals surface area contributed by atoms with Crippen LogP contribution < -0.4 is 16.2 Å². The number of nitrogens with zero attached hydrogens (tertiary/aromatic N) is 6. The Morgan fingerprint density at radius 3 is 2.45 bits per heavy atom. The first kappa shape index (κ1) is 32.7. The van der Waals surface area contributed by atoms with Crippen LogP contribution in [-0.4, -0.2) is 87.5 Å². The maximum Gasteiger partial charge on any atom is 0.286 e. The molecule has 12 nitrogen and oxygen atoms in total. The van der Waals surface area contributed by atoms with Crippen LogP contribution in [0.2, 0.25) is 0 Å². The summed E-state index contributed by atoms with van der Waals surface area (Å²) in [7, 11) is 3.65. The molecule has 4 aliphatic rings. The number of hydrogen-bond donors (Lipinski definition) is 2. The van der Waals surface area contributed by atoms with Crippen molar-refractivity contribution in [3.63, 3.8) is 0 Å². The lowest BCUT2D eigenvalue weighted by Gasteiger charge is -2.37. The predicted molar refractivity (Wildman–Crippen MR) is 183 cm³/mol. The van der Waals surface area contributed by atoms with Gasteiger partial charge in [-0.25, -0.2) is 4.68 Å². The van der Waals surface area contributed by atoms with Crippen molar-refractivity contribution < 1.29 is 14.4 Å². The number of rotatable bonds is 7. The second kappa shape index (κ2) is 13.6. The molecular weight excluding hydrogens is 620 g/mol. The summed E-state index contributed by atoms with van der Waals surface area (Å²) in [6.07, 6.45) is 5.17. The molecule has 4 aliphatic heterocycles. The molecule has 0 spiro atoms. The Bertz CT molecular complexity index is 1870. The van der Waals surface area contributed by atoms with E-state index in [0.29, 0.717) is 36.1 Å². The lowest BCUT2D eigenvalue weighted by Crippen LogP contribution is -2.52. The average molecular weight is 663 g/mol. The Labute approximate surface area is 285 Å². The van der Waals surface area contributed by atoms with Crippen LogP contribution in [0.1, 0.15) is 82.1 Å². The molecule has 2 N–H and O–H groups in total. The summed E-state index contributed by atoms with van der Waals surface area (Å²) in [5.41, 5.74) is 5.65. The highest BCUT2D eigenvalue weighted by Crippen LogP contribution is 2.34. The van der Waals surface area contributed by atoms with Gasteiger partial charge >= 0.3 is 0 Å². The van der Waals surface area contributed by atoms with Gasteiger partial charge < -0.3 is 15.1 Å². The molecule has 3 fully saturated rings. The van der Waals surface area contributed by atoms with E-state index in [2.05, 4.69) is 69.0 Å². The predicted octanol–water partition coefficient (Wildman–Crippen LogP) is 2.69. The molecule has 2 aromatic carbocycles. The summed E-state index contributed by atoms with van der Waals surface area (Å²) in [6.45, 7) is 5.05. The molecule has 3 amide bonds. The minimum Gasteiger partial charge on any atom is -0.378 e. The molecule has 0 saturated carbocycles. The number of likely N-dealkylation sites (N-methyl/N-ethyl adjacent to an activating group) is 1. The zero-order valence-electron chi connectivity index (χ0n) is 28.0. The summed E-state index contributed by atoms with van der Waals surface area (Å²) in [5.74, 6) is -0.0375. The number of anilines is 1. The summed E-state index contributed by atoms with van der Waals surface area (Å²) in [4.78, 5) is 55.9. The van der Waals surface area contributed by atoms with E-state index in [-0.39, 0.29) is 35.7 Å². The van der Waals surface area contributed by atoms with Crippen molar-refractivity contribution in [2.24, 2.45) is 7.05 Å². The van der Waals surface area contributed by atoms with Gasteiger partial charge in [-0.3, -0.25) is 29.4 Å². The largest absolute Gasteiger partial charge is 0.378 e. The fraction of sp³-hybridized carbons (Fsp3) is 0.459. The van der Waals surface area contributed by atoms with E-state index >= 15 is 0 Å². The molecule has 3 saturated heterocycles. The topological polar surface area (TPSA) is 144 Å². The number of aryl methyl sites for hydroxylation is 1. The van der Waals surface area contributed by atoms with Gasteiger partial charge in [-0.05, 0) is 86.0 Å².